The molecule has 0 aromatic heterocycles. The highest BCUT2D eigenvalue weighted by Crippen LogP contribution is 2.12. The zero-order valence-electron chi connectivity index (χ0n) is 28.8. The highest BCUT2D eigenvalue weighted by Gasteiger charge is 2.06. The summed E-state index contributed by atoms with van der Waals surface area (Å²) in [4.78, 5) is 23.8. The molecule has 0 aromatic rings. The fourth-order valence-corrected chi connectivity index (χ4v) is 5.17. The first kappa shape index (κ1) is 42.3. The number of aliphatic hydroxyl groups excluding tert-OH is 2. The third-order valence-corrected chi connectivity index (χ3v) is 8.04. The molecule has 0 amide bonds. The quantitative estimate of drug-likeness (QED) is 0.0430. The number of ether oxygens (including phenoxy) is 2. The lowest BCUT2D eigenvalue weighted by Crippen LogP contribution is -2.13. The number of unbranched alkanes of at least 4 members (excludes halogenated alkanes) is 16. The molecule has 2 atom stereocenters. The second-order valence-corrected chi connectivity index (χ2v) is 12.5. The molecule has 0 radical (unpaired) electrons. The Balaban J connectivity index is 3.44. The number of allylic oxidation sites excluding steroid dienone is 2. The summed E-state index contributed by atoms with van der Waals surface area (Å²) in [5, 5.41) is 20.0. The summed E-state index contributed by atoms with van der Waals surface area (Å²) in [6.45, 7) is 4.67. The molecular formula is C38H70O6. The molecule has 0 saturated heterocycles. The molecule has 0 aromatic carbocycles. The SMILES string of the molecule is CCCCCC[C@@H](O)C/C=C\CCCCCCCC(=O)OCCOC(=O)CCCCCCC/C=C\C[C@H](O)CCCCCC. The normalized spacial score (nSPS) is 13.1. The second kappa shape index (κ2) is 34.2. The molecule has 0 aliphatic heterocycles. The van der Waals surface area contributed by atoms with E-state index in [9.17, 15) is 19.8 Å². The van der Waals surface area contributed by atoms with Gasteiger partial charge in [-0.3, -0.25) is 9.59 Å². The molecule has 0 saturated carbocycles. The van der Waals surface area contributed by atoms with Crippen LogP contribution in [-0.4, -0.2) is 47.6 Å². The largest absolute Gasteiger partial charge is 0.462 e. The van der Waals surface area contributed by atoms with Gasteiger partial charge in [-0.15, -0.1) is 0 Å². The van der Waals surface area contributed by atoms with E-state index in [0.717, 1.165) is 116 Å². The van der Waals surface area contributed by atoms with E-state index in [1.54, 1.807) is 0 Å². The molecule has 0 spiro atoms. The molecule has 0 unspecified atom stereocenters. The average Bonchev–Trinajstić information content (AvgIpc) is 3.01. The molecule has 44 heavy (non-hydrogen) atoms. The van der Waals surface area contributed by atoms with Gasteiger partial charge in [0.15, 0.2) is 0 Å². The summed E-state index contributed by atoms with van der Waals surface area (Å²) >= 11 is 0. The van der Waals surface area contributed by atoms with Gasteiger partial charge in [0.05, 0.1) is 12.2 Å². The minimum absolute atomic E-state index is 0.133. The summed E-state index contributed by atoms with van der Waals surface area (Å²) < 4.78 is 10.4. The van der Waals surface area contributed by atoms with Crippen LogP contribution in [0.15, 0.2) is 24.3 Å². The summed E-state index contributed by atoms with van der Waals surface area (Å²) in [6, 6.07) is 0. The monoisotopic (exact) mass is 623 g/mol. The lowest BCUT2D eigenvalue weighted by Gasteiger charge is -2.07. The van der Waals surface area contributed by atoms with E-state index >= 15 is 0 Å². The lowest BCUT2D eigenvalue weighted by molar-refractivity contribution is -0.152. The highest BCUT2D eigenvalue weighted by molar-refractivity contribution is 5.70. The van der Waals surface area contributed by atoms with Crippen LogP contribution in [0.2, 0.25) is 0 Å². The lowest BCUT2D eigenvalue weighted by atomic mass is 10.1. The third-order valence-electron chi connectivity index (χ3n) is 8.04. The number of hydrogen-bond acceptors (Lipinski definition) is 6. The van der Waals surface area contributed by atoms with E-state index in [2.05, 4.69) is 38.2 Å². The molecule has 0 aliphatic rings. The van der Waals surface area contributed by atoms with Crippen LogP contribution in [0.1, 0.15) is 181 Å². The van der Waals surface area contributed by atoms with Crippen LogP contribution < -0.4 is 0 Å². The molecule has 2 N–H and O–H groups in total. The summed E-state index contributed by atoms with van der Waals surface area (Å²) in [5.74, 6) is -0.434. The van der Waals surface area contributed by atoms with Gasteiger partial charge >= 0.3 is 11.9 Å². The third kappa shape index (κ3) is 33.2. The Morgan fingerprint density at radius 3 is 1.27 bits per heavy atom. The Bertz CT molecular complexity index is 631. The summed E-state index contributed by atoms with van der Waals surface area (Å²) in [7, 11) is 0. The van der Waals surface area contributed by atoms with Gasteiger partial charge in [0.2, 0.25) is 0 Å². The molecular weight excluding hydrogens is 552 g/mol. The van der Waals surface area contributed by atoms with Crippen molar-refractivity contribution in [3.05, 3.63) is 24.3 Å². The van der Waals surface area contributed by atoms with Gasteiger partial charge in [-0.1, -0.05) is 128 Å². The van der Waals surface area contributed by atoms with Crippen molar-refractivity contribution in [2.45, 2.75) is 193 Å². The minimum atomic E-state index is -0.217. The van der Waals surface area contributed by atoms with E-state index in [1.807, 2.05) is 0 Å². The predicted octanol–water partition coefficient (Wildman–Crippen LogP) is 10.1. The maximum atomic E-state index is 11.9. The first-order chi connectivity index (χ1) is 21.5. The van der Waals surface area contributed by atoms with Crippen LogP contribution in [0.4, 0.5) is 0 Å². The van der Waals surface area contributed by atoms with Gasteiger partial charge in [0.25, 0.3) is 0 Å². The van der Waals surface area contributed by atoms with Crippen molar-refractivity contribution in [3.8, 4) is 0 Å². The van der Waals surface area contributed by atoms with Crippen LogP contribution in [0.3, 0.4) is 0 Å². The number of carbonyl (C=O) groups excluding carboxylic acids is 2. The maximum Gasteiger partial charge on any atom is 0.305 e. The molecule has 258 valence electrons. The number of hydrogen-bond donors (Lipinski definition) is 2. The smallest absolute Gasteiger partial charge is 0.305 e. The van der Waals surface area contributed by atoms with Crippen molar-refractivity contribution in [2.75, 3.05) is 13.2 Å². The second-order valence-electron chi connectivity index (χ2n) is 12.5. The summed E-state index contributed by atoms with van der Waals surface area (Å²) in [5.41, 5.74) is 0. The van der Waals surface area contributed by atoms with Crippen LogP contribution in [0.25, 0.3) is 0 Å². The molecule has 6 nitrogen and oxygen atoms in total. The van der Waals surface area contributed by atoms with Crippen molar-refractivity contribution in [2.24, 2.45) is 0 Å². The molecule has 0 heterocycles. The van der Waals surface area contributed by atoms with E-state index in [-0.39, 0.29) is 37.4 Å². The van der Waals surface area contributed by atoms with E-state index in [4.69, 9.17) is 9.47 Å². The van der Waals surface area contributed by atoms with Gasteiger partial charge in [0.1, 0.15) is 13.2 Å². The van der Waals surface area contributed by atoms with Gasteiger partial charge in [0, 0.05) is 12.8 Å². The van der Waals surface area contributed by atoms with Crippen molar-refractivity contribution >= 4 is 11.9 Å². The van der Waals surface area contributed by atoms with Crippen molar-refractivity contribution < 1.29 is 29.3 Å². The zero-order valence-corrected chi connectivity index (χ0v) is 28.8. The van der Waals surface area contributed by atoms with Gasteiger partial charge < -0.3 is 19.7 Å². The fraction of sp³-hybridized carbons (Fsp3) is 0.842. The summed E-state index contributed by atoms with van der Waals surface area (Å²) in [6.07, 6.45) is 34.7. The van der Waals surface area contributed by atoms with Crippen LogP contribution in [0.5, 0.6) is 0 Å². The highest BCUT2D eigenvalue weighted by atomic mass is 16.6. The first-order valence-corrected chi connectivity index (χ1v) is 18.5. The van der Waals surface area contributed by atoms with Crippen molar-refractivity contribution in [3.63, 3.8) is 0 Å². The topological polar surface area (TPSA) is 93.1 Å². The number of rotatable bonds is 33. The van der Waals surface area contributed by atoms with Crippen LogP contribution in [0, 0.1) is 0 Å². The predicted molar refractivity (Wildman–Crippen MR) is 184 cm³/mol. The van der Waals surface area contributed by atoms with E-state index in [0.29, 0.717) is 12.8 Å². The van der Waals surface area contributed by atoms with Gasteiger partial charge in [-0.25, -0.2) is 0 Å². The molecule has 6 heteroatoms. The number of aliphatic hydroxyl groups is 2. The fourth-order valence-electron chi connectivity index (χ4n) is 5.17. The molecule has 0 bridgehead atoms. The number of esters is 2. The van der Waals surface area contributed by atoms with Crippen LogP contribution in [-0.2, 0) is 19.1 Å². The maximum absolute atomic E-state index is 11.9. The Hall–Kier alpha value is -1.66. The molecule has 0 aliphatic carbocycles. The first-order valence-electron chi connectivity index (χ1n) is 18.5. The van der Waals surface area contributed by atoms with Gasteiger partial charge in [-0.05, 0) is 64.2 Å². The average molecular weight is 623 g/mol. The Kier molecular flexibility index (Phi) is 32.9. The van der Waals surface area contributed by atoms with Crippen molar-refractivity contribution in [1.82, 2.24) is 0 Å². The Morgan fingerprint density at radius 1 is 0.500 bits per heavy atom. The molecule has 0 rings (SSSR count). The van der Waals surface area contributed by atoms with E-state index < -0.39 is 0 Å². The Labute approximate surface area is 271 Å². The standard InChI is InChI=1S/C38H70O6/c1-3-5-7-21-27-35(39)29-23-17-13-9-11-15-19-25-31-37(41)43-33-34-44-38(42)32-26-20-16-12-10-14-18-24-30-36(40)28-22-8-6-4-2/h17-18,23-24,35-36,39-40H,3-16,19-22,25-34H2,1-2H3/b23-17-,24-18-/t35-,36-/m1/s1. The number of carbonyl (C=O) groups is 2. The van der Waals surface area contributed by atoms with Crippen LogP contribution >= 0.6 is 0 Å². The molecule has 0 fully saturated rings. The minimum Gasteiger partial charge on any atom is -0.462 e. The van der Waals surface area contributed by atoms with E-state index in [1.165, 1.54) is 38.5 Å². The van der Waals surface area contributed by atoms with Crippen molar-refractivity contribution in [1.29, 1.82) is 0 Å². The Morgan fingerprint density at radius 2 is 0.864 bits per heavy atom. The van der Waals surface area contributed by atoms with Gasteiger partial charge in [-0.2, -0.15) is 0 Å². The zero-order chi connectivity index (χ0) is 32.4.